The Morgan fingerprint density at radius 2 is 1.76 bits per heavy atom. The molecule has 3 rings (SSSR count). The molecule has 0 amide bonds. The zero-order valence-electron chi connectivity index (χ0n) is 12.0. The zero-order valence-corrected chi connectivity index (χ0v) is 13.6. The molecule has 1 aliphatic carbocycles. The van der Waals surface area contributed by atoms with Gasteiger partial charge in [0, 0.05) is 16.6 Å². The standard InChI is InChI=1S/C18H19BrFN/c1-12(15-6-2-4-8-17(15)19)21-14-10-13(11-14)16-7-3-5-9-18(16)20/h2-9,12-14,21H,10-11H2,1H3/t12-,13?,14?/m1/s1. The zero-order chi connectivity index (χ0) is 14.8. The van der Waals surface area contributed by atoms with Crippen LogP contribution in [-0.4, -0.2) is 6.04 Å². The maximum Gasteiger partial charge on any atom is 0.126 e. The highest BCUT2D eigenvalue weighted by atomic mass is 79.9. The molecule has 0 aliphatic heterocycles. The largest absolute Gasteiger partial charge is 0.307 e. The van der Waals surface area contributed by atoms with E-state index >= 15 is 0 Å². The average Bonchev–Trinajstić information content (AvgIpc) is 2.44. The second-order valence-electron chi connectivity index (χ2n) is 5.80. The van der Waals surface area contributed by atoms with E-state index in [2.05, 4.69) is 46.4 Å². The molecular weight excluding hydrogens is 329 g/mol. The summed E-state index contributed by atoms with van der Waals surface area (Å²) in [5.74, 6) is 0.287. The quantitative estimate of drug-likeness (QED) is 0.802. The Morgan fingerprint density at radius 1 is 1.10 bits per heavy atom. The molecule has 1 fully saturated rings. The van der Waals surface area contributed by atoms with Gasteiger partial charge in [0.05, 0.1) is 0 Å². The Bertz CT molecular complexity index is 622. The summed E-state index contributed by atoms with van der Waals surface area (Å²) in [5, 5.41) is 3.64. The summed E-state index contributed by atoms with van der Waals surface area (Å²) in [7, 11) is 0. The number of benzene rings is 2. The van der Waals surface area contributed by atoms with Crippen molar-refractivity contribution in [1.82, 2.24) is 5.32 Å². The third kappa shape index (κ3) is 3.19. The van der Waals surface area contributed by atoms with Crippen molar-refractivity contribution in [2.75, 3.05) is 0 Å². The lowest BCUT2D eigenvalue weighted by Gasteiger charge is -2.38. The van der Waals surface area contributed by atoms with E-state index in [0.29, 0.717) is 18.0 Å². The highest BCUT2D eigenvalue weighted by Crippen LogP contribution is 2.39. The second kappa shape index (κ2) is 6.29. The van der Waals surface area contributed by atoms with Gasteiger partial charge in [-0.3, -0.25) is 0 Å². The maximum atomic E-state index is 13.7. The van der Waals surface area contributed by atoms with Crippen molar-refractivity contribution in [2.45, 2.75) is 37.8 Å². The summed E-state index contributed by atoms with van der Waals surface area (Å²) in [6.45, 7) is 2.18. The summed E-state index contributed by atoms with van der Waals surface area (Å²) in [5.41, 5.74) is 2.14. The van der Waals surface area contributed by atoms with E-state index in [0.717, 1.165) is 22.9 Å². The highest BCUT2D eigenvalue weighted by molar-refractivity contribution is 9.10. The van der Waals surface area contributed by atoms with Crippen LogP contribution >= 0.6 is 15.9 Å². The van der Waals surface area contributed by atoms with Gasteiger partial charge in [-0.2, -0.15) is 0 Å². The van der Waals surface area contributed by atoms with E-state index in [1.54, 1.807) is 12.1 Å². The van der Waals surface area contributed by atoms with Gasteiger partial charge in [0.2, 0.25) is 0 Å². The van der Waals surface area contributed by atoms with Gasteiger partial charge in [-0.05, 0) is 48.9 Å². The first-order valence-corrected chi connectivity index (χ1v) is 8.19. The van der Waals surface area contributed by atoms with E-state index in [-0.39, 0.29) is 5.82 Å². The number of hydrogen-bond donors (Lipinski definition) is 1. The molecule has 0 unspecified atom stereocenters. The van der Waals surface area contributed by atoms with Gasteiger partial charge in [-0.15, -0.1) is 0 Å². The van der Waals surface area contributed by atoms with E-state index < -0.39 is 0 Å². The first-order valence-electron chi connectivity index (χ1n) is 7.40. The van der Waals surface area contributed by atoms with E-state index in [4.69, 9.17) is 0 Å². The summed E-state index contributed by atoms with van der Waals surface area (Å²) >= 11 is 3.60. The molecular formula is C18H19BrFN. The molecule has 21 heavy (non-hydrogen) atoms. The van der Waals surface area contributed by atoms with Gasteiger partial charge in [0.25, 0.3) is 0 Å². The Labute approximate surface area is 133 Å². The van der Waals surface area contributed by atoms with Crippen LogP contribution < -0.4 is 5.32 Å². The lowest BCUT2D eigenvalue weighted by molar-refractivity contribution is 0.266. The van der Waals surface area contributed by atoms with E-state index in [1.807, 2.05) is 18.2 Å². The molecule has 1 aliphatic rings. The molecule has 0 aromatic heterocycles. The normalized spacial score (nSPS) is 22.6. The third-order valence-corrected chi connectivity index (χ3v) is 5.06. The monoisotopic (exact) mass is 347 g/mol. The van der Waals surface area contributed by atoms with Crippen molar-refractivity contribution in [3.8, 4) is 0 Å². The molecule has 1 saturated carbocycles. The summed E-state index contributed by atoms with van der Waals surface area (Å²) in [6.07, 6.45) is 2.02. The molecule has 1 atom stereocenters. The fourth-order valence-electron chi connectivity index (χ4n) is 3.08. The van der Waals surface area contributed by atoms with E-state index in [1.165, 1.54) is 5.56 Å². The smallest absolute Gasteiger partial charge is 0.126 e. The van der Waals surface area contributed by atoms with E-state index in [9.17, 15) is 4.39 Å². The predicted molar refractivity (Wildman–Crippen MR) is 87.9 cm³/mol. The summed E-state index contributed by atoms with van der Waals surface area (Å²) in [6, 6.07) is 16.2. The van der Waals surface area contributed by atoms with Gasteiger partial charge in [0.15, 0.2) is 0 Å². The number of rotatable bonds is 4. The van der Waals surface area contributed by atoms with Gasteiger partial charge >= 0.3 is 0 Å². The highest BCUT2D eigenvalue weighted by Gasteiger charge is 2.32. The Kier molecular flexibility index (Phi) is 4.41. The minimum absolute atomic E-state index is 0.0696. The molecule has 0 saturated heterocycles. The van der Waals surface area contributed by atoms with Crippen molar-refractivity contribution in [3.63, 3.8) is 0 Å². The second-order valence-corrected chi connectivity index (χ2v) is 6.65. The Balaban J connectivity index is 1.58. The molecule has 110 valence electrons. The molecule has 2 aromatic carbocycles. The van der Waals surface area contributed by atoms with Crippen LogP contribution in [0.1, 0.15) is 42.9 Å². The average molecular weight is 348 g/mol. The van der Waals surface area contributed by atoms with Crippen LogP contribution in [0, 0.1) is 5.82 Å². The van der Waals surface area contributed by atoms with Gasteiger partial charge in [0.1, 0.15) is 5.82 Å². The number of halogens is 2. The van der Waals surface area contributed by atoms with Crippen molar-refractivity contribution in [3.05, 3.63) is 69.9 Å². The molecule has 0 heterocycles. The minimum Gasteiger partial charge on any atom is -0.307 e. The Hall–Kier alpha value is -1.19. The maximum absolute atomic E-state index is 13.7. The molecule has 2 aromatic rings. The topological polar surface area (TPSA) is 12.0 Å². The number of hydrogen-bond acceptors (Lipinski definition) is 1. The van der Waals surface area contributed by atoms with Crippen LogP contribution in [0.5, 0.6) is 0 Å². The third-order valence-electron chi connectivity index (χ3n) is 4.34. The Morgan fingerprint density at radius 3 is 2.48 bits per heavy atom. The molecule has 0 spiro atoms. The van der Waals surface area contributed by atoms with Crippen LogP contribution in [0.3, 0.4) is 0 Å². The van der Waals surface area contributed by atoms with Crippen LogP contribution in [0.25, 0.3) is 0 Å². The minimum atomic E-state index is -0.0696. The van der Waals surface area contributed by atoms with Crippen molar-refractivity contribution < 1.29 is 4.39 Å². The molecule has 3 heteroatoms. The summed E-state index contributed by atoms with van der Waals surface area (Å²) < 4.78 is 14.9. The SMILES string of the molecule is C[C@@H](NC1CC(c2ccccc2F)C1)c1ccccc1Br. The van der Waals surface area contributed by atoms with Crippen molar-refractivity contribution >= 4 is 15.9 Å². The molecule has 0 bridgehead atoms. The lowest BCUT2D eigenvalue weighted by atomic mass is 9.75. The lowest BCUT2D eigenvalue weighted by Crippen LogP contribution is -2.41. The fourth-order valence-corrected chi connectivity index (χ4v) is 3.71. The van der Waals surface area contributed by atoms with Crippen molar-refractivity contribution in [2.24, 2.45) is 0 Å². The predicted octanol–water partition coefficient (Wildman–Crippen LogP) is 5.19. The molecule has 1 nitrogen and oxygen atoms in total. The number of nitrogens with one attached hydrogen (secondary N) is 1. The van der Waals surface area contributed by atoms with Gasteiger partial charge in [-0.25, -0.2) is 4.39 Å². The fraction of sp³-hybridized carbons (Fsp3) is 0.333. The first-order chi connectivity index (χ1) is 10.1. The van der Waals surface area contributed by atoms with Gasteiger partial charge in [-0.1, -0.05) is 52.3 Å². The van der Waals surface area contributed by atoms with Gasteiger partial charge < -0.3 is 5.32 Å². The van der Waals surface area contributed by atoms with Crippen molar-refractivity contribution in [1.29, 1.82) is 0 Å². The molecule has 0 radical (unpaired) electrons. The molecule has 1 N–H and O–H groups in total. The first kappa shape index (κ1) is 14.7. The van der Waals surface area contributed by atoms with Crippen LogP contribution in [0.2, 0.25) is 0 Å². The van der Waals surface area contributed by atoms with Crippen LogP contribution in [0.4, 0.5) is 4.39 Å². The van der Waals surface area contributed by atoms with Crippen LogP contribution in [0.15, 0.2) is 53.0 Å². The van der Waals surface area contributed by atoms with Crippen LogP contribution in [-0.2, 0) is 0 Å². The summed E-state index contributed by atoms with van der Waals surface area (Å²) in [4.78, 5) is 0.